The number of hydrogen-bond acceptors (Lipinski definition) is 2. The summed E-state index contributed by atoms with van der Waals surface area (Å²) < 4.78 is 0.672. The molecule has 1 aliphatic carbocycles. The second-order valence-corrected chi connectivity index (χ2v) is 6.17. The van der Waals surface area contributed by atoms with Gasteiger partial charge in [-0.05, 0) is 35.6 Å². The van der Waals surface area contributed by atoms with Crippen LogP contribution in [0.25, 0.3) is 0 Å². The lowest BCUT2D eigenvalue weighted by Gasteiger charge is -2.13. The normalized spacial score (nSPS) is 17.7. The van der Waals surface area contributed by atoms with Crippen LogP contribution in [0.3, 0.4) is 0 Å². The number of carboxylic acids is 1. The summed E-state index contributed by atoms with van der Waals surface area (Å²) in [6.45, 7) is 0. The Morgan fingerprint density at radius 2 is 2.06 bits per heavy atom. The van der Waals surface area contributed by atoms with E-state index >= 15 is 0 Å². The van der Waals surface area contributed by atoms with E-state index < -0.39 is 11.9 Å². The number of carboxylic acid groups (broad SMARTS) is 1. The van der Waals surface area contributed by atoms with Gasteiger partial charge in [0.25, 0.3) is 0 Å². The van der Waals surface area contributed by atoms with E-state index in [0.717, 1.165) is 34.4 Å². The molecule has 4 heteroatoms. The molecule has 1 aromatic carbocycles. The highest BCUT2D eigenvalue weighted by Gasteiger charge is 2.30. The Hall–Kier alpha value is -1.32. The minimum Gasteiger partial charge on any atom is -0.481 e. The first-order valence-electron chi connectivity index (χ1n) is 5.75. The molecule has 2 aromatic rings. The summed E-state index contributed by atoms with van der Waals surface area (Å²) in [6, 6.07) is 9.60. The van der Waals surface area contributed by atoms with Crippen molar-refractivity contribution in [1.29, 1.82) is 0 Å². The van der Waals surface area contributed by atoms with Crippen LogP contribution in [0, 0.1) is 0 Å². The Bertz CT molecular complexity index is 618. The molecule has 0 aliphatic heterocycles. The fourth-order valence-corrected chi connectivity index (χ4v) is 3.89. The number of aliphatic carboxylic acids is 1. The minimum atomic E-state index is -0.805. The van der Waals surface area contributed by atoms with Crippen LogP contribution < -0.4 is 0 Å². The zero-order chi connectivity index (χ0) is 12.7. The molecule has 92 valence electrons. The van der Waals surface area contributed by atoms with Crippen molar-refractivity contribution in [2.45, 2.75) is 18.8 Å². The van der Waals surface area contributed by atoms with Gasteiger partial charge in [0.2, 0.25) is 0 Å². The SMILES string of the molecule is O=C(O)C1c2ccccc2CCc2sc(Cl)cc21. The monoisotopic (exact) mass is 278 g/mol. The van der Waals surface area contributed by atoms with Crippen molar-refractivity contribution < 1.29 is 9.90 Å². The highest BCUT2D eigenvalue weighted by molar-refractivity contribution is 7.16. The highest BCUT2D eigenvalue weighted by Crippen LogP contribution is 2.40. The molecule has 0 radical (unpaired) electrons. The van der Waals surface area contributed by atoms with Crippen LogP contribution in [-0.2, 0) is 17.6 Å². The topological polar surface area (TPSA) is 37.3 Å². The molecule has 0 fully saturated rings. The smallest absolute Gasteiger partial charge is 0.315 e. The quantitative estimate of drug-likeness (QED) is 0.863. The average molecular weight is 279 g/mol. The number of benzene rings is 1. The van der Waals surface area contributed by atoms with Crippen LogP contribution in [0.15, 0.2) is 30.3 Å². The lowest BCUT2D eigenvalue weighted by atomic mass is 9.90. The maximum atomic E-state index is 11.6. The number of fused-ring (bicyclic) bond motifs is 2. The van der Waals surface area contributed by atoms with E-state index in [2.05, 4.69) is 0 Å². The lowest BCUT2D eigenvalue weighted by Crippen LogP contribution is -2.13. The molecule has 0 amide bonds. The van der Waals surface area contributed by atoms with Crippen LogP contribution in [0.4, 0.5) is 0 Å². The number of hydrogen-bond donors (Lipinski definition) is 1. The first kappa shape index (κ1) is 11.8. The van der Waals surface area contributed by atoms with Gasteiger partial charge in [-0.25, -0.2) is 0 Å². The number of carbonyl (C=O) groups is 1. The van der Waals surface area contributed by atoms with Crippen molar-refractivity contribution in [3.05, 3.63) is 56.2 Å². The predicted molar refractivity (Wildman–Crippen MR) is 72.7 cm³/mol. The molecule has 0 saturated heterocycles. The second-order valence-electron chi connectivity index (χ2n) is 4.40. The molecule has 1 N–H and O–H groups in total. The van der Waals surface area contributed by atoms with Crippen LogP contribution in [0.5, 0.6) is 0 Å². The summed E-state index contributed by atoms with van der Waals surface area (Å²) in [5.74, 6) is -1.39. The first-order valence-corrected chi connectivity index (χ1v) is 6.95. The number of thiophene rings is 1. The number of halogens is 1. The standard InChI is InChI=1S/C14H11ClO2S/c15-12-7-10-11(18-12)6-5-8-3-1-2-4-9(8)13(10)14(16)17/h1-4,7,13H,5-6H2,(H,16,17). The van der Waals surface area contributed by atoms with Gasteiger partial charge in [-0.3, -0.25) is 4.79 Å². The second kappa shape index (κ2) is 4.41. The predicted octanol–water partition coefficient (Wildman–Crippen LogP) is 3.72. The summed E-state index contributed by atoms with van der Waals surface area (Å²) in [5, 5.41) is 9.53. The minimum absolute atomic E-state index is 0.581. The Morgan fingerprint density at radius 3 is 2.83 bits per heavy atom. The first-order chi connectivity index (χ1) is 8.66. The van der Waals surface area contributed by atoms with Crippen molar-refractivity contribution in [3.8, 4) is 0 Å². The fourth-order valence-electron chi connectivity index (χ4n) is 2.57. The van der Waals surface area contributed by atoms with Gasteiger partial charge in [0.15, 0.2) is 0 Å². The molecular formula is C14H11ClO2S. The molecule has 1 atom stereocenters. The van der Waals surface area contributed by atoms with E-state index in [1.54, 1.807) is 0 Å². The van der Waals surface area contributed by atoms with E-state index in [0.29, 0.717) is 4.34 Å². The van der Waals surface area contributed by atoms with Gasteiger partial charge in [-0.15, -0.1) is 11.3 Å². The lowest BCUT2D eigenvalue weighted by molar-refractivity contribution is -0.137. The van der Waals surface area contributed by atoms with Crippen LogP contribution >= 0.6 is 22.9 Å². The zero-order valence-corrected chi connectivity index (χ0v) is 11.1. The molecule has 0 saturated carbocycles. The molecule has 0 bridgehead atoms. The van der Waals surface area contributed by atoms with E-state index in [1.807, 2.05) is 30.3 Å². The van der Waals surface area contributed by atoms with Crippen molar-refractivity contribution >= 4 is 28.9 Å². The third kappa shape index (κ3) is 1.84. The van der Waals surface area contributed by atoms with Gasteiger partial charge in [0.05, 0.1) is 4.34 Å². The Morgan fingerprint density at radius 1 is 1.28 bits per heavy atom. The average Bonchev–Trinajstić information content (AvgIpc) is 2.61. The molecule has 1 aliphatic rings. The Kier molecular flexibility index (Phi) is 2.88. The van der Waals surface area contributed by atoms with Gasteiger partial charge in [-0.1, -0.05) is 35.9 Å². The van der Waals surface area contributed by atoms with Crippen molar-refractivity contribution in [2.24, 2.45) is 0 Å². The van der Waals surface area contributed by atoms with Crippen LogP contribution in [0.2, 0.25) is 4.34 Å². The molecule has 0 spiro atoms. The maximum absolute atomic E-state index is 11.6. The fraction of sp³-hybridized carbons (Fsp3) is 0.214. The molecule has 2 nitrogen and oxygen atoms in total. The molecule has 18 heavy (non-hydrogen) atoms. The third-order valence-corrected chi connectivity index (χ3v) is 4.70. The summed E-state index contributed by atoms with van der Waals surface area (Å²) in [7, 11) is 0. The molecule has 1 unspecified atom stereocenters. The van der Waals surface area contributed by atoms with Crippen molar-refractivity contribution in [3.63, 3.8) is 0 Å². The van der Waals surface area contributed by atoms with Crippen LogP contribution in [0.1, 0.15) is 27.5 Å². The van der Waals surface area contributed by atoms with Gasteiger partial charge in [-0.2, -0.15) is 0 Å². The summed E-state index contributed by atoms with van der Waals surface area (Å²) in [5.41, 5.74) is 2.89. The van der Waals surface area contributed by atoms with E-state index in [1.165, 1.54) is 11.3 Å². The molecule has 3 rings (SSSR count). The van der Waals surface area contributed by atoms with Gasteiger partial charge < -0.3 is 5.11 Å². The Labute approximate surface area is 114 Å². The van der Waals surface area contributed by atoms with Gasteiger partial charge >= 0.3 is 5.97 Å². The molecular weight excluding hydrogens is 268 g/mol. The van der Waals surface area contributed by atoms with E-state index in [-0.39, 0.29) is 0 Å². The maximum Gasteiger partial charge on any atom is 0.315 e. The molecule has 1 heterocycles. The van der Waals surface area contributed by atoms with Crippen LogP contribution in [-0.4, -0.2) is 11.1 Å². The van der Waals surface area contributed by atoms with Crippen molar-refractivity contribution in [2.75, 3.05) is 0 Å². The van der Waals surface area contributed by atoms with Crippen molar-refractivity contribution in [1.82, 2.24) is 0 Å². The summed E-state index contributed by atoms with van der Waals surface area (Å²) in [6.07, 6.45) is 1.75. The third-order valence-electron chi connectivity index (χ3n) is 3.36. The van der Waals surface area contributed by atoms with E-state index in [9.17, 15) is 9.90 Å². The number of aryl methyl sites for hydroxylation is 2. The van der Waals surface area contributed by atoms with Gasteiger partial charge in [0, 0.05) is 4.88 Å². The van der Waals surface area contributed by atoms with Gasteiger partial charge in [0.1, 0.15) is 5.92 Å². The summed E-state index contributed by atoms with van der Waals surface area (Å²) in [4.78, 5) is 12.7. The summed E-state index contributed by atoms with van der Waals surface area (Å²) >= 11 is 7.52. The zero-order valence-electron chi connectivity index (χ0n) is 9.52. The number of rotatable bonds is 1. The van der Waals surface area contributed by atoms with E-state index in [4.69, 9.17) is 11.6 Å². The largest absolute Gasteiger partial charge is 0.481 e. The Balaban J connectivity index is 2.23. The highest BCUT2D eigenvalue weighted by atomic mass is 35.5. The molecule has 1 aromatic heterocycles.